The predicted molar refractivity (Wildman–Crippen MR) is 88.0 cm³/mol. The van der Waals surface area contributed by atoms with Gasteiger partial charge in [-0.05, 0) is 30.9 Å². The SMILES string of the molecule is CC1CCN(C(=O)[C@H]2CN(S(C)(=O)=O)c3ccccc3O2)CC1. The fraction of sp³-hybridized carbons (Fsp3) is 0.562. The highest BCUT2D eigenvalue weighted by molar-refractivity contribution is 7.92. The van der Waals surface area contributed by atoms with Gasteiger partial charge in [-0.3, -0.25) is 9.10 Å². The van der Waals surface area contributed by atoms with Crippen molar-refractivity contribution in [1.82, 2.24) is 4.90 Å². The van der Waals surface area contributed by atoms with Crippen molar-refractivity contribution in [2.75, 3.05) is 30.2 Å². The number of hydrogen-bond acceptors (Lipinski definition) is 4. The minimum absolute atomic E-state index is 0.0285. The van der Waals surface area contributed by atoms with Gasteiger partial charge in [0.1, 0.15) is 5.75 Å². The third kappa shape index (κ3) is 3.29. The third-order valence-corrected chi connectivity index (χ3v) is 5.65. The van der Waals surface area contributed by atoms with Crippen molar-refractivity contribution in [1.29, 1.82) is 0 Å². The van der Waals surface area contributed by atoms with Crippen LogP contribution in [0.15, 0.2) is 24.3 Å². The Morgan fingerprint density at radius 2 is 1.87 bits per heavy atom. The summed E-state index contributed by atoms with van der Waals surface area (Å²) in [4.78, 5) is 14.5. The van der Waals surface area contributed by atoms with Gasteiger partial charge < -0.3 is 9.64 Å². The molecule has 6 nitrogen and oxygen atoms in total. The van der Waals surface area contributed by atoms with Crippen LogP contribution in [-0.2, 0) is 14.8 Å². The highest BCUT2D eigenvalue weighted by atomic mass is 32.2. The van der Waals surface area contributed by atoms with Crippen molar-refractivity contribution in [2.45, 2.75) is 25.9 Å². The van der Waals surface area contributed by atoms with E-state index in [-0.39, 0.29) is 12.5 Å². The van der Waals surface area contributed by atoms with Gasteiger partial charge in [0.05, 0.1) is 18.5 Å². The van der Waals surface area contributed by atoms with Crippen molar-refractivity contribution in [3.8, 4) is 5.75 Å². The summed E-state index contributed by atoms with van der Waals surface area (Å²) in [7, 11) is -3.46. The minimum atomic E-state index is -3.46. The summed E-state index contributed by atoms with van der Waals surface area (Å²) in [5.41, 5.74) is 0.492. The molecule has 1 aromatic rings. The van der Waals surface area contributed by atoms with Crippen LogP contribution in [0.5, 0.6) is 5.75 Å². The van der Waals surface area contributed by atoms with Crippen LogP contribution in [0.3, 0.4) is 0 Å². The number of nitrogens with zero attached hydrogens (tertiary/aromatic N) is 2. The molecule has 0 aromatic heterocycles. The quantitative estimate of drug-likeness (QED) is 0.819. The summed E-state index contributed by atoms with van der Waals surface area (Å²) in [6, 6.07) is 6.92. The topological polar surface area (TPSA) is 66.9 Å². The van der Waals surface area contributed by atoms with Crippen LogP contribution < -0.4 is 9.04 Å². The second-order valence-electron chi connectivity index (χ2n) is 6.38. The van der Waals surface area contributed by atoms with Gasteiger partial charge in [0.25, 0.3) is 5.91 Å². The van der Waals surface area contributed by atoms with Crippen LogP contribution in [0.2, 0.25) is 0 Å². The Morgan fingerprint density at radius 3 is 2.52 bits per heavy atom. The first-order valence-corrected chi connectivity index (χ1v) is 9.73. The van der Waals surface area contributed by atoms with Gasteiger partial charge in [0, 0.05) is 13.1 Å². The Kier molecular flexibility index (Phi) is 4.23. The second kappa shape index (κ2) is 6.03. The van der Waals surface area contributed by atoms with Crippen molar-refractivity contribution in [2.24, 2.45) is 5.92 Å². The molecule has 0 bridgehead atoms. The number of ether oxygens (including phenoxy) is 1. The minimum Gasteiger partial charge on any atom is -0.476 e. The first kappa shape index (κ1) is 16.1. The van der Waals surface area contributed by atoms with Gasteiger partial charge in [0.15, 0.2) is 6.10 Å². The van der Waals surface area contributed by atoms with Gasteiger partial charge >= 0.3 is 0 Å². The molecule has 2 aliphatic heterocycles. The lowest BCUT2D eigenvalue weighted by atomic mass is 9.99. The van der Waals surface area contributed by atoms with E-state index in [2.05, 4.69) is 6.92 Å². The maximum absolute atomic E-state index is 12.7. The standard InChI is InChI=1S/C16H22N2O4S/c1-12-7-9-17(10-8-12)16(19)15-11-18(23(2,20)21)13-5-3-4-6-14(13)22-15/h3-6,12,15H,7-11H2,1-2H3/t15-/m1/s1. The molecular weight excluding hydrogens is 316 g/mol. The van der Waals surface area contributed by atoms with E-state index in [1.165, 1.54) is 4.31 Å². The number of amides is 1. The van der Waals surface area contributed by atoms with E-state index in [1.807, 2.05) is 0 Å². The lowest BCUT2D eigenvalue weighted by Crippen LogP contribution is -2.53. The van der Waals surface area contributed by atoms with Crippen LogP contribution in [0.4, 0.5) is 5.69 Å². The number of sulfonamides is 1. The smallest absolute Gasteiger partial charge is 0.265 e. The molecule has 0 unspecified atom stereocenters. The highest BCUT2D eigenvalue weighted by Gasteiger charge is 2.37. The summed E-state index contributed by atoms with van der Waals surface area (Å²) in [6.07, 6.45) is 2.32. The molecular formula is C16H22N2O4S. The lowest BCUT2D eigenvalue weighted by Gasteiger charge is -2.38. The van der Waals surface area contributed by atoms with Crippen molar-refractivity contribution < 1.29 is 17.9 Å². The third-order valence-electron chi connectivity index (χ3n) is 4.51. The fourth-order valence-corrected chi connectivity index (χ4v) is 3.99. The number of likely N-dealkylation sites (tertiary alicyclic amines) is 1. The Bertz CT molecular complexity index is 696. The molecule has 126 valence electrons. The number of rotatable bonds is 2. The molecule has 3 rings (SSSR count). The number of carbonyl (C=O) groups is 1. The molecule has 2 aliphatic rings. The van der Waals surface area contributed by atoms with E-state index in [4.69, 9.17) is 4.74 Å². The molecule has 1 amide bonds. The van der Waals surface area contributed by atoms with Gasteiger partial charge in [-0.1, -0.05) is 19.1 Å². The first-order chi connectivity index (χ1) is 10.9. The average molecular weight is 338 g/mol. The molecule has 23 heavy (non-hydrogen) atoms. The monoisotopic (exact) mass is 338 g/mol. The van der Waals surface area contributed by atoms with Crippen molar-refractivity contribution in [3.63, 3.8) is 0 Å². The van der Waals surface area contributed by atoms with E-state index in [1.54, 1.807) is 29.2 Å². The number of anilines is 1. The largest absolute Gasteiger partial charge is 0.476 e. The molecule has 0 saturated carbocycles. The molecule has 7 heteroatoms. The summed E-state index contributed by atoms with van der Waals surface area (Å²) in [6.45, 7) is 3.63. The fourth-order valence-electron chi connectivity index (χ4n) is 3.08. The highest BCUT2D eigenvalue weighted by Crippen LogP contribution is 2.35. The normalized spacial score (nSPS) is 22.4. The van der Waals surface area contributed by atoms with Crippen LogP contribution >= 0.6 is 0 Å². The summed E-state index contributed by atoms with van der Waals surface area (Å²) in [5.74, 6) is 0.938. The van der Waals surface area contributed by atoms with Gasteiger partial charge in [-0.2, -0.15) is 0 Å². The van der Waals surface area contributed by atoms with Gasteiger partial charge in [-0.25, -0.2) is 8.42 Å². The molecule has 1 aromatic carbocycles. The Balaban J connectivity index is 1.84. The first-order valence-electron chi connectivity index (χ1n) is 7.88. The zero-order valence-corrected chi connectivity index (χ0v) is 14.3. The number of benzene rings is 1. The molecule has 0 radical (unpaired) electrons. The zero-order chi connectivity index (χ0) is 16.6. The number of carbonyl (C=O) groups excluding carboxylic acids is 1. The van der Waals surface area contributed by atoms with E-state index >= 15 is 0 Å². The summed E-state index contributed by atoms with van der Waals surface area (Å²) >= 11 is 0. The maximum Gasteiger partial charge on any atom is 0.265 e. The van der Waals surface area contributed by atoms with Crippen LogP contribution in [0.1, 0.15) is 19.8 Å². The lowest BCUT2D eigenvalue weighted by molar-refractivity contribution is -0.139. The summed E-state index contributed by atoms with van der Waals surface area (Å²) in [5, 5.41) is 0. The van der Waals surface area contributed by atoms with E-state index in [0.29, 0.717) is 30.4 Å². The molecule has 1 saturated heterocycles. The van der Waals surface area contributed by atoms with Crippen LogP contribution in [-0.4, -0.2) is 51.2 Å². The zero-order valence-electron chi connectivity index (χ0n) is 13.4. The van der Waals surface area contributed by atoms with Crippen LogP contribution in [0.25, 0.3) is 0 Å². The van der Waals surface area contributed by atoms with Crippen molar-refractivity contribution >= 4 is 21.6 Å². The molecule has 1 atom stereocenters. The number of hydrogen-bond donors (Lipinski definition) is 0. The second-order valence-corrected chi connectivity index (χ2v) is 8.28. The number of fused-ring (bicyclic) bond motifs is 1. The molecule has 1 fully saturated rings. The number of piperidine rings is 1. The predicted octanol–water partition coefficient (Wildman–Crippen LogP) is 1.47. The van der Waals surface area contributed by atoms with E-state index < -0.39 is 16.1 Å². The van der Waals surface area contributed by atoms with E-state index in [9.17, 15) is 13.2 Å². The Labute approximate surface area is 137 Å². The number of para-hydroxylation sites is 2. The Hall–Kier alpha value is -1.76. The van der Waals surface area contributed by atoms with Gasteiger partial charge in [0.2, 0.25) is 10.0 Å². The average Bonchev–Trinajstić information content (AvgIpc) is 2.53. The summed E-state index contributed by atoms with van der Waals surface area (Å²) < 4.78 is 31.2. The van der Waals surface area contributed by atoms with Crippen LogP contribution in [0, 0.1) is 5.92 Å². The van der Waals surface area contributed by atoms with E-state index in [0.717, 1.165) is 19.1 Å². The molecule has 0 spiro atoms. The van der Waals surface area contributed by atoms with Crippen molar-refractivity contribution in [3.05, 3.63) is 24.3 Å². The molecule has 2 heterocycles. The molecule has 0 aliphatic carbocycles. The van der Waals surface area contributed by atoms with Gasteiger partial charge in [-0.15, -0.1) is 0 Å². The molecule has 0 N–H and O–H groups in total. The maximum atomic E-state index is 12.7. The Morgan fingerprint density at radius 1 is 1.22 bits per heavy atom.